The number of hydrogen-bond acceptors (Lipinski definition) is 5. The molecule has 4 heterocycles. The molecule has 5 rings (SSSR count). The van der Waals surface area contributed by atoms with Gasteiger partial charge in [-0.2, -0.15) is 17.5 Å². The first-order valence-electron chi connectivity index (χ1n) is 11.2. The number of nitrogens with one attached hydrogen (secondary N) is 2. The number of aromatic nitrogens is 3. The third-order valence-corrected chi connectivity index (χ3v) is 8.10. The summed E-state index contributed by atoms with van der Waals surface area (Å²) < 4.78 is 82.4. The topological polar surface area (TPSA) is 102 Å². The molecule has 1 unspecified atom stereocenters. The molecular weight excluding hydrogens is 514 g/mol. The van der Waals surface area contributed by atoms with Crippen molar-refractivity contribution < 1.29 is 26.0 Å². The quantitative estimate of drug-likeness (QED) is 0.380. The Morgan fingerprint density at radius 3 is 2.54 bits per heavy atom. The Morgan fingerprint density at radius 1 is 1.05 bits per heavy atom. The van der Waals surface area contributed by atoms with Crippen LogP contribution >= 0.6 is 0 Å². The van der Waals surface area contributed by atoms with Crippen LogP contribution < -0.4 is 10.5 Å². The molecule has 3 aromatic heterocycles. The zero-order valence-corrected chi connectivity index (χ0v) is 20.0. The summed E-state index contributed by atoms with van der Waals surface area (Å²) >= 11 is 0. The molecule has 1 aliphatic rings. The van der Waals surface area contributed by atoms with Gasteiger partial charge in [-0.05, 0) is 47.0 Å². The van der Waals surface area contributed by atoms with Crippen molar-refractivity contribution in [1.29, 1.82) is 0 Å². The Bertz CT molecular complexity index is 1600. The van der Waals surface area contributed by atoms with Crippen molar-refractivity contribution in [3.05, 3.63) is 82.7 Å². The number of anilines is 1. The average molecular weight is 536 g/mol. The predicted molar refractivity (Wildman–Crippen MR) is 130 cm³/mol. The van der Waals surface area contributed by atoms with E-state index in [0.717, 1.165) is 21.3 Å². The average Bonchev–Trinajstić information content (AvgIpc) is 3.33. The van der Waals surface area contributed by atoms with E-state index < -0.39 is 45.9 Å². The van der Waals surface area contributed by atoms with Crippen LogP contribution in [0.2, 0.25) is 0 Å². The first-order chi connectivity index (χ1) is 17.5. The standard InChI is InChI=1S/C24H21F4N5O3S/c25-17-3-1-15(2-4-17)14-37(35,36)32-9-10-33(20(13-32)24(26,27)28)21-11-16(12-22(34)31-21)18-5-7-29-23-19(18)6-8-30-23/h1-8,11-12,20H,9-10,13-14H2,(H,29,30)(H,31,34). The van der Waals surface area contributed by atoms with Gasteiger partial charge in [0.15, 0.2) is 0 Å². The molecule has 194 valence electrons. The summed E-state index contributed by atoms with van der Waals surface area (Å²) in [6.45, 7) is -1.38. The summed E-state index contributed by atoms with van der Waals surface area (Å²) in [5, 5.41) is 0.697. The molecule has 0 radical (unpaired) electrons. The number of piperazine rings is 1. The van der Waals surface area contributed by atoms with Crippen molar-refractivity contribution in [3.63, 3.8) is 0 Å². The third kappa shape index (κ3) is 5.09. The maximum Gasteiger partial charge on any atom is 0.410 e. The van der Waals surface area contributed by atoms with Crippen LogP contribution in [0.25, 0.3) is 22.2 Å². The van der Waals surface area contributed by atoms with E-state index in [0.29, 0.717) is 22.2 Å². The molecule has 1 aromatic carbocycles. The Hall–Kier alpha value is -3.71. The molecule has 37 heavy (non-hydrogen) atoms. The summed E-state index contributed by atoms with van der Waals surface area (Å²) in [5.74, 6) is -1.17. The van der Waals surface area contributed by atoms with Gasteiger partial charge in [0.05, 0.1) is 5.75 Å². The van der Waals surface area contributed by atoms with E-state index in [-0.39, 0.29) is 24.5 Å². The van der Waals surface area contributed by atoms with Crippen molar-refractivity contribution in [2.75, 3.05) is 24.5 Å². The highest BCUT2D eigenvalue weighted by atomic mass is 32.2. The van der Waals surface area contributed by atoms with Crippen molar-refractivity contribution in [3.8, 4) is 11.1 Å². The van der Waals surface area contributed by atoms with Gasteiger partial charge in [0.2, 0.25) is 15.6 Å². The monoisotopic (exact) mass is 535 g/mol. The number of nitrogens with zero attached hydrogens (tertiary/aromatic N) is 3. The van der Waals surface area contributed by atoms with E-state index in [9.17, 15) is 30.8 Å². The van der Waals surface area contributed by atoms with Crippen LogP contribution in [0.1, 0.15) is 5.56 Å². The summed E-state index contributed by atoms with van der Waals surface area (Å²) in [6.07, 6.45) is -1.60. The van der Waals surface area contributed by atoms with E-state index in [1.807, 2.05) is 0 Å². The van der Waals surface area contributed by atoms with Crippen LogP contribution in [0.3, 0.4) is 0 Å². The molecule has 0 spiro atoms. The lowest BCUT2D eigenvalue weighted by atomic mass is 10.0. The van der Waals surface area contributed by atoms with Gasteiger partial charge in [-0.25, -0.2) is 17.8 Å². The van der Waals surface area contributed by atoms with Crippen molar-refractivity contribution in [1.82, 2.24) is 19.3 Å². The van der Waals surface area contributed by atoms with Gasteiger partial charge in [0.1, 0.15) is 23.3 Å². The second-order valence-electron chi connectivity index (χ2n) is 8.71. The molecule has 0 amide bonds. The van der Waals surface area contributed by atoms with Crippen LogP contribution in [-0.4, -0.2) is 59.5 Å². The lowest BCUT2D eigenvalue weighted by molar-refractivity contribution is -0.153. The first kappa shape index (κ1) is 25.0. The minimum atomic E-state index is -4.79. The number of benzene rings is 1. The first-order valence-corrected chi connectivity index (χ1v) is 12.8. The van der Waals surface area contributed by atoms with Gasteiger partial charge in [0, 0.05) is 43.5 Å². The Labute approximate surface area is 208 Å². The lowest BCUT2D eigenvalue weighted by Gasteiger charge is -2.42. The maximum atomic E-state index is 14.2. The highest BCUT2D eigenvalue weighted by molar-refractivity contribution is 7.88. The van der Waals surface area contributed by atoms with Gasteiger partial charge in [-0.3, -0.25) is 4.79 Å². The smallest absolute Gasteiger partial charge is 0.346 e. The van der Waals surface area contributed by atoms with Crippen LogP contribution in [0, 0.1) is 5.82 Å². The molecule has 1 fully saturated rings. The molecule has 8 nitrogen and oxygen atoms in total. The van der Waals surface area contributed by atoms with E-state index in [1.54, 1.807) is 18.3 Å². The van der Waals surface area contributed by atoms with Gasteiger partial charge >= 0.3 is 6.18 Å². The number of H-pyrrole nitrogens is 2. The summed E-state index contributed by atoms with van der Waals surface area (Å²) in [6, 6.07) is 8.70. The molecule has 2 N–H and O–H groups in total. The van der Waals surface area contributed by atoms with Crippen LogP contribution in [-0.2, 0) is 15.8 Å². The van der Waals surface area contributed by atoms with Crippen molar-refractivity contribution >= 4 is 26.9 Å². The molecule has 0 aliphatic carbocycles. The van der Waals surface area contributed by atoms with Crippen LogP contribution in [0.4, 0.5) is 23.4 Å². The fourth-order valence-electron chi connectivity index (χ4n) is 4.51. The number of fused-ring (bicyclic) bond motifs is 1. The predicted octanol–water partition coefficient (Wildman–Crippen LogP) is 3.64. The normalized spacial score (nSPS) is 17.4. The summed E-state index contributed by atoms with van der Waals surface area (Å²) in [5.41, 5.74) is 1.24. The van der Waals surface area contributed by atoms with E-state index in [1.165, 1.54) is 30.5 Å². The molecule has 1 saturated heterocycles. The van der Waals surface area contributed by atoms with E-state index in [2.05, 4.69) is 15.0 Å². The molecule has 1 aliphatic heterocycles. The minimum Gasteiger partial charge on any atom is -0.346 e. The van der Waals surface area contributed by atoms with E-state index in [4.69, 9.17) is 0 Å². The van der Waals surface area contributed by atoms with Gasteiger partial charge in [-0.1, -0.05) is 12.1 Å². The Balaban J connectivity index is 1.46. The molecule has 4 aromatic rings. The number of rotatable bonds is 5. The minimum absolute atomic E-state index is 0.0686. The molecular formula is C24H21F4N5O3S. The number of aromatic amines is 2. The van der Waals surface area contributed by atoms with Crippen molar-refractivity contribution in [2.45, 2.75) is 18.0 Å². The molecule has 0 saturated carbocycles. The Kier molecular flexibility index (Phi) is 6.28. The number of pyridine rings is 2. The fraction of sp³-hybridized carbons (Fsp3) is 0.250. The second kappa shape index (κ2) is 9.30. The van der Waals surface area contributed by atoms with Gasteiger partial charge in [-0.15, -0.1) is 0 Å². The number of halogens is 4. The zero-order chi connectivity index (χ0) is 26.4. The summed E-state index contributed by atoms with van der Waals surface area (Å²) in [4.78, 5) is 23.1. The SMILES string of the molecule is O=c1cc(-c2ccnc3[nH]ccc23)cc(N2CCN(S(=O)(=O)Cc3ccc(F)cc3)CC2C(F)(F)F)[nH]1. The fourth-order valence-corrected chi connectivity index (χ4v) is 6.04. The Morgan fingerprint density at radius 2 is 1.81 bits per heavy atom. The molecule has 1 atom stereocenters. The highest BCUT2D eigenvalue weighted by Crippen LogP contribution is 2.34. The summed E-state index contributed by atoms with van der Waals surface area (Å²) in [7, 11) is -4.12. The van der Waals surface area contributed by atoms with Gasteiger partial charge < -0.3 is 14.9 Å². The largest absolute Gasteiger partial charge is 0.410 e. The van der Waals surface area contributed by atoms with Gasteiger partial charge in [0.25, 0.3) is 0 Å². The zero-order valence-electron chi connectivity index (χ0n) is 19.2. The number of hydrogen-bond donors (Lipinski definition) is 2. The van der Waals surface area contributed by atoms with Crippen LogP contribution in [0.5, 0.6) is 0 Å². The third-order valence-electron chi connectivity index (χ3n) is 6.29. The highest BCUT2D eigenvalue weighted by Gasteiger charge is 2.49. The lowest BCUT2D eigenvalue weighted by Crippen LogP contribution is -2.60. The number of sulfonamides is 1. The maximum absolute atomic E-state index is 14.2. The van der Waals surface area contributed by atoms with E-state index >= 15 is 0 Å². The van der Waals surface area contributed by atoms with Crippen LogP contribution in [0.15, 0.2) is 65.7 Å². The second-order valence-corrected chi connectivity index (χ2v) is 10.7. The van der Waals surface area contributed by atoms with Crippen molar-refractivity contribution in [2.24, 2.45) is 0 Å². The molecule has 0 bridgehead atoms. The molecule has 13 heteroatoms. The number of alkyl halides is 3.